The molecule has 4 heteroatoms. The first kappa shape index (κ1) is 12.2. The van der Waals surface area contributed by atoms with Gasteiger partial charge in [0, 0.05) is 6.54 Å². The van der Waals surface area contributed by atoms with Crippen LogP contribution in [0.4, 0.5) is 0 Å². The molecule has 1 saturated carbocycles. The van der Waals surface area contributed by atoms with Gasteiger partial charge in [0.05, 0.1) is 5.54 Å². The van der Waals surface area contributed by atoms with E-state index < -0.39 is 0 Å². The standard InChI is InChI=1S/C14H20N2OS/c1-2-8-16-12(11-5-9-18-10-11)15-14(13(16)17)6-3-4-7-14/h5,9-10,12,15H,2-4,6-8H2,1H3. The Hall–Kier alpha value is -0.870. The number of hydrogen-bond donors (Lipinski definition) is 1. The van der Waals surface area contributed by atoms with Crippen LogP contribution in [0.2, 0.25) is 0 Å². The van der Waals surface area contributed by atoms with Crippen molar-refractivity contribution < 1.29 is 4.79 Å². The fourth-order valence-corrected chi connectivity index (χ4v) is 3.97. The minimum Gasteiger partial charge on any atom is -0.321 e. The van der Waals surface area contributed by atoms with Gasteiger partial charge in [-0.25, -0.2) is 0 Å². The average molecular weight is 264 g/mol. The average Bonchev–Trinajstić information content (AvgIpc) is 3.07. The third kappa shape index (κ3) is 1.79. The largest absolute Gasteiger partial charge is 0.321 e. The second-order valence-electron chi connectivity index (χ2n) is 5.39. The number of nitrogens with zero attached hydrogens (tertiary/aromatic N) is 1. The summed E-state index contributed by atoms with van der Waals surface area (Å²) in [7, 11) is 0. The fourth-order valence-electron chi connectivity index (χ4n) is 3.30. The molecule has 18 heavy (non-hydrogen) atoms. The third-order valence-corrected chi connectivity index (χ3v) is 4.88. The number of carbonyl (C=O) groups excluding carboxylic acids is 1. The fraction of sp³-hybridized carbons (Fsp3) is 0.643. The molecule has 0 aromatic carbocycles. The van der Waals surface area contributed by atoms with E-state index in [0.717, 1.165) is 25.8 Å². The summed E-state index contributed by atoms with van der Waals surface area (Å²) in [5.41, 5.74) is 0.993. The highest BCUT2D eigenvalue weighted by Crippen LogP contribution is 2.41. The zero-order valence-electron chi connectivity index (χ0n) is 10.8. The van der Waals surface area contributed by atoms with Gasteiger partial charge in [-0.15, -0.1) is 0 Å². The highest BCUT2D eigenvalue weighted by atomic mass is 32.1. The quantitative estimate of drug-likeness (QED) is 0.910. The number of rotatable bonds is 3. The highest BCUT2D eigenvalue weighted by Gasteiger charge is 2.52. The highest BCUT2D eigenvalue weighted by molar-refractivity contribution is 7.07. The Morgan fingerprint density at radius 3 is 2.89 bits per heavy atom. The van der Waals surface area contributed by atoms with Gasteiger partial charge in [-0.1, -0.05) is 19.8 Å². The first-order chi connectivity index (χ1) is 8.77. The van der Waals surface area contributed by atoms with Gasteiger partial charge in [-0.3, -0.25) is 10.1 Å². The third-order valence-electron chi connectivity index (χ3n) is 4.18. The van der Waals surface area contributed by atoms with Crippen molar-refractivity contribution >= 4 is 17.2 Å². The summed E-state index contributed by atoms with van der Waals surface area (Å²) in [6.07, 6.45) is 5.48. The van der Waals surface area contributed by atoms with Gasteiger partial charge < -0.3 is 4.90 Å². The SMILES string of the molecule is CCCN1C(=O)C2(CCCC2)NC1c1ccsc1. The lowest BCUT2D eigenvalue weighted by atomic mass is 9.98. The molecule has 1 aliphatic carbocycles. The normalized spacial score (nSPS) is 26.4. The van der Waals surface area contributed by atoms with Crippen molar-refractivity contribution in [1.82, 2.24) is 10.2 Å². The van der Waals surface area contributed by atoms with Crippen LogP contribution in [-0.4, -0.2) is 22.9 Å². The molecule has 1 aliphatic heterocycles. The zero-order valence-corrected chi connectivity index (χ0v) is 11.6. The van der Waals surface area contributed by atoms with Crippen molar-refractivity contribution in [2.45, 2.75) is 50.7 Å². The van der Waals surface area contributed by atoms with Gasteiger partial charge in [0.2, 0.25) is 5.91 Å². The van der Waals surface area contributed by atoms with E-state index in [1.807, 2.05) is 4.90 Å². The Morgan fingerprint density at radius 2 is 2.28 bits per heavy atom. The van der Waals surface area contributed by atoms with E-state index in [0.29, 0.717) is 5.91 Å². The number of amides is 1. The second-order valence-corrected chi connectivity index (χ2v) is 6.17. The van der Waals surface area contributed by atoms with Crippen molar-refractivity contribution in [2.24, 2.45) is 0 Å². The Morgan fingerprint density at radius 1 is 1.50 bits per heavy atom. The topological polar surface area (TPSA) is 32.3 Å². The predicted molar refractivity (Wildman–Crippen MR) is 73.4 cm³/mol. The summed E-state index contributed by atoms with van der Waals surface area (Å²) in [5, 5.41) is 7.88. The van der Waals surface area contributed by atoms with Crippen LogP contribution in [0.25, 0.3) is 0 Å². The lowest BCUT2D eigenvalue weighted by molar-refractivity contribution is -0.133. The molecule has 0 radical (unpaired) electrons. The van der Waals surface area contributed by atoms with E-state index in [4.69, 9.17) is 0 Å². The minimum absolute atomic E-state index is 0.0989. The lowest BCUT2D eigenvalue weighted by Gasteiger charge is -2.22. The van der Waals surface area contributed by atoms with Crippen LogP contribution in [0, 0.1) is 0 Å². The Balaban J connectivity index is 1.91. The van der Waals surface area contributed by atoms with E-state index >= 15 is 0 Å². The van der Waals surface area contributed by atoms with Crippen molar-refractivity contribution in [3.8, 4) is 0 Å². The van der Waals surface area contributed by atoms with Gasteiger partial charge >= 0.3 is 0 Å². The number of carbonyl (C=O) groups is 1. The predicted octanol–water partition coefficient (Wildman–Crippen LogP) is 2.90. The maximum atomic E-state index is 12.7. The molecule has 3 rings (SSSR count). The van der Waals surface area contributed by atoms with Crippen molar-refractivity contribution in [3.63, 3.8) is 0 Å². The van der Waals surface area contributed by atoms with Crippen LogP contribution in [0.1, 0.15) is 50.8 Å². The molecule has 1 atom stereocenters. The summed E-state index contributed by atoms with van der Waals surface area (Å²) >= 11 is 1.70. The molecule has 3 nitrogen and oxygen atoms in total. The minimum atomic E-state index is -0.248. The first-order valence-corrected chi connectivity index (χ1v) is 7.82. The van der Waals surface area contributed by atoms with Crippen molar-refractivity contribution in [3.05, 3.63) is 22.4 Å². The monoisotopic (exact) mass is 264 g/mol. The second kappa shape index (κ2) is 4.67. The molecular formula is C14H20N2OS. The zero-order chi connectivity index (χ0) is 12.6. The summed E-state index contributed by atoms with van der Waals surface area (Å²) in [5.74, 6) is 0.332. The van der Waals surface area contributed by atoms with Gasteiger partial charge in [0.15, 0.2) is 0 Å². The van der Waals surface area contributed by atoms with Crippen LogP contribution in [0.3, 0.4) is 0 Å². The molecule has 1 N–H and O–H groups in total. The molecule has 2 aliphatic rings. The number of nitrogens with one attached hydrogen (secondary N) is 1. The molecule has 1 amide bonds. The van der Waals surface area contributed by atoms with E-state index in [1.165, 1.54) is 18.4 Å². The van der Waals surface area contributed by atoms with E-state index in [-0.39, 0.29) is 11.7 Å². The Labute approximate surface area is 112 Å². The summed E-state index contributed by atoms with van der Waals surface area (Å²) in [6, 6.07) is 2.13. The maximum absolute atomic E-state index is 12.7. The molecule has 0 bridgehead atoms. The van der Waals surface area contributed by atoms with Gasteiger partial charge in [0.1, 0.15) is 6.17 Å². The summed E-state index contributed by atoms with van der Waals surface area (Å²) < 4.78 is 0. The molecule has 2 heterocycles. The summed E-state index contributed by atoms with van der Waals surface area (Å²) in [4.78, 5) is 14.7. The van der Waals surface area contributed by atoms with Crippen LogP contribution < -0.4 is 5.32 Å². The van der Waals surface area contributed by atoms with Crippen LogP contribution in [-0.2, 0) is 4.79 Å². The number of hydrogen-bond acceptors (Lipinski definition) is 3. The van der Waals surface area contributed by atoms with Crippen molar-refractivity contribution in [2.75, 3.05) is 6.54 Å². The molecule has 2 fully saturated rings. The van der Waals surface area contributed by atoms with Crippen LogP contribution in [0.5, 0.6) is 0 Å². The van der Waals surface area contributed by atoms with Crippen LogP contribution >= 0.6 is 11.3 Å². The Kier molecular flexibility index (Phi) is 3.16. The van der Waals surface area contributed by atoms with Gasteiger partial charge in [0.25, 0.3) is 0 Å². The van der Waals surface area contributed by atoms with E-state index in [1.54, 1.807) is 11.3 Å². The van der Waals surface area contributed by atoms with E-state index in [9.17, 15) is 4.79 Å². The lowest BCUT2D eigenvalue weighted by Crippen LogP contribution is -2.44. The Bertz CT molecular complexity index is 423. The maximum Gasteiger partial charge on any atom is 0.244 e. The summed E-state index contributed by atoms with van der Waals surface area (Å²) in [6.45, 7) is 2.99. The molecular weight excluding hydrogens is 244 g/mol. The van der Waals surface area contributed by atoms with Gasteiger partial charge in [-0.2, -0.15) is 11.3 Å². The molecule has 1 unspecified atom stereocenters. The molecule has 98 valence electrons. The number of thiophene rings is 1. The smallest absolute Gasteiger partial charge is 0.244 e. The molecule has 1 saturated heterocycles. The molecule has 1 aromatic rings. The molecule has 1 spiro atoms. The first-order valence-electron chi connectivity index (χ1n) is 6.88. The van der Waals surface area contributed by atoms with Crippen molar-refractivity contribution in [1.29, 1.82) is 0 Å². The van der Waals surface area contributed by atoms with E-state index in [2.05, 4.69) is 29.1 Å². The molecule has 1 aromatic heterocycles. The van der Waals surface area contributed by atoms with Crippen LogP contribution in [0.15, 0.2) is 16.8 Å². The van der Waals surface area contributed by atoms with Gasteiger partial charge in [-0.05, 0) is 41.7 Å².